The molecule has 98 valence electrons. The summed E-state index contributed by atoms with van der Waals surface area (Å²) in [6.45, 7) is 0. The fraction of sp³-hybridized carbons (Fsp3) is 0.214. The Labute approximate surface area is 111 Å². The number of anilines is 1. The summed E-state index contributed by atoms with van der Waals surface area (Å²) >= 11 is 0. The first-order valence-corrected chi connectivity index (χ1v) is 5.98. The van der Waals surface area contributed by atoms with E-state index in [4.69, 9.17) is 9.57 Å². The lowest BCUT2D eigenvalue weighted by Crippen LogP contribution is -2.48. The van der Waals surface area contributed by atoms with Crippen LogP contribution in [0.3, 0.4) is 0 Å². The minimum atomic E-state index is -0.292. The van der Waals surface area contributed by atoms with Gasteiger partial charge in [-0.3, -0.25) is 10.0 Å². The molecule has 0 spiro atoms. The van der Waals surface area contributed by atoms with E-state index in [0.717, 1.165) is 5.69 Å². The number of ether oxygens (including phenoxy) is 1. The van der Waals surface area contributed by atoms with Gasteiger partial charge in [-0.2, -0.15) is 0 Å². The zero-order valence-corrected chi connectivity index (χ0v) is 10.8. The molecule has 1 heterocycles. The number of allylic oxidation sites excluding steroid dienone is 2. The second kappa shape index (κ2) is 4.44. The van der Waals surface area contributed by atoms with Crippen LogP contribution in [0.1, 0.15) is 0 Å². The molecule has 5 nitrogen and oxygen atoms in total. The van der Waals surface area contributed by atoms with E-state index in [-0.39, 0.29) is 6.04 Å². The molecule has 0 radical (unpaired) electrons. The first-order valence-electron chi connectivity index (χ1n) is 5.98. The molecule has 0 saturated heterocycles. The van der Waals surface area contributed by atoms with Gasteiger partial charge in [-0.05, 0) is 12.1 Å². The van der Waals surface area contributed by atoms with E-state index in [9.17, 15) is 5.21 Å². The van der Waals surface area contributed by atoms with Gasteiger partial charge in [0.1, 0.15) is 11.4 Å². The predicted octanol–water partition coefficient (Wildman–Crippen LogP) is 2.01. The van der Waals surface area contributed by atoms with E-state index < -0.39 is 0 Å². The molecule has 2 aliphatic rings. The zero-order chi connectivity index (χ0) is 13.4. The highest BCUT2D eigenvalue weighted by molar-refractivity contribution is 6.03. The Balaban J connectivity index is 2.23. The van der Waals surface area contributed by atoms with Gasteiger partial charge < -0.3 is 4.74 Å². The van der Waals surface area contributed by atoms with Crippen LogP contribution in [-0.4, -0.2) is 35.9 Å². The molecular formula is C14H15N2O3+. The fourth-order valence-electron chi connectivity index (χ4n) is 2.48. The molecule has 1 unspecified atom stereocenters. The Morgan fingerprint density at radius 1 is 1.26 bits per heavy atom. The fourth-order valence-corrected chi connectivity index (χ4v) is 2.48. The summed E-state index contributed by atoms with van der Waals surface area (Å²) < 4.78 is 6.56. The van der Waals surface area contributed by atoms with Crippen molar-refractivity contribution in [1.29, 1.82) is 0 Å². The van der Waals surface area contributed by atoms with Crippen molar-refractivity contribution in [3.63, 3.8) is 0 Å². The number of hydrogen-bond acceptors (Lipinski definition) is 4. The maximum atomic E-state index is 10.4. The van der Waals surface area contributed by atoms with Crippen LogP contribution in [0.15, 0.2) is 48.3 Å². The van der Waals surface area contributed by atoms with E-state index in [1.165, 1.54) is 4.74 Å². The van der Waals surface area contributed by atoms with E-state index >= 15 is 0 Å². The Morgan fingerprint density at radius 2 is 2.05 bits per heavy atom. The summed E-state index contributed by atoms with van der Waals surface area (Å²) in [5.41, 5.74) is 2.16. The Kier molecular flexibility index (Phi) is 2.76. The van der Waals surface area contributed by atoms with Crippen LogP contribution in [0.2, 0.25) is 0 Å². The summed E-state index contributed by atoms with van der Waals surface area (Å²) in [7, 11) is 3.21. The lowest BCUT2D eigenvalue weighted by molar-refractivity contribution is -0.713. The molecule has 1 atom stereocenters. The molecule has 1 aromatic carbocycles. The standard InChI is InChI=1S/C14H15N2O3/c1-18-13-9-5-8-12-14(13)16(19-2)11-7-4-3-6-10(11)15(12)17/h3-9,14,17H,1-2H3/q+1. The molecule has 5 heteroatoms. The summed E-state index contributed by atoms with van der Waals surface area (Å²) in [6.07, 6.45) is 5.55. The van der Waals surface area contributed by atoms with Crippen molar-refractivity contribution in [3.8, 4) is 0 Å². The van der Waals surface area contributed by atoms with Gasteiger partial charge in [-0.15, -0.1) is 0 Å². The maximum absolute atomic E-state index is 10.4. The minimum Gasteiger partial charge on any atom is -0.498 e. The summed E-state index contributed by atoms with van der Waals surface area (Å²) in [6, 6.07) is 7.21. The molecule has 0 bridgehead atoms. The lowest BCUT2D eigenvalue weighted by atomic mass is 10.0. The molecule has 1 aromatic rings. The van der Waals surface area contributed by atoms with Crippen LogP contribution >= 0.6 is 0 Å². The minimum absolute atomic E-state index is 0.292. The van der Waals surface area contributed by atoms with Crippen molar-refractivity contribution in [2.45, 2.75) is 6.04 Å². The Morgan fingerprint density at radius 3 is 2.79 bits per heavy atom. The SMILES string of the molecule is COC1=CC=CC2=[N+](O)c3ccccc3N(OC)C12. The van der Waals surface area contributed by atoms with E-state index in [0.29, 0.717) is 17.2 Å². The highest BCUT2D eigenvalue weighted by Crippen LogP contribution is 2.36. The quantitative estimate of drug-likeness (QED) is 0.652. The van der Waals surface area contributed by atoms with Gasteiger partial charge in [0.2, 0.25) is 6.04 Å². The third kappa shape index (κ3) is 1.62. The molecule has 0 amide bonds. The number of benzene rings is 1. The average molecular weight is 259 g/mol. The smallest absolute Gasteiger partial charge is 0.283 e. The van der Waals surface area contributed by atoms with Crippen LogP contribution in [0.4, 0.5) is 11.4 Å². The van der Waals surface area contributed by atoms with Crippen LogP contribution in [0, 0.1) is 0 Å². The monoisotopic (exact) mass is 259 g/mol. The lowest BCUT2D eigenvalue weighted by Gasteiger charge is -2.33. The summed E-state index contributed by atoms with van der Waals surface area (Å²) in [5.74, 6) is 0.716. The highest BCUT2D eigenvalue weighted by Gasteiger charge is 2.44. The number of rotatable bonds is 2. The molecule has 1 N–H and O–H groups in total. The number of nitrogens with zero attached hydrogens (tertiary/aromatic N) is 2. The molecule has 0 saturated carbocycles. The number of fused-ring (bicyclic) bond motifs is 2. The topological polar surface area (TPSA) is 44.9 Å². The van der Waals surface area contributed by atoms with Crippen molar-refractivity contribution in [1.82, 2.24) is 0 Å². The van der Waals surface area contributed by atoms with Gasteiger partial charge in [0.25, 0.3) is 11.4 Å². The predicted molar refractivity (Wildman–Crippen MR) is 70.7 cm³/mol. The first-order chi connectivity index (χ1) is 9.27. The van der Waals surface area contributed by atoms with Gasteiger partial charge >= 0.3 is 0 Å². The van der Waals surface area contributed by atoms with Crippen molar-refractivity contribution in [2.75, 3.05) is 19.3 Å². The maximum Gasteiger partial charge on any atom is 0.283 e. The van der Waals surface area contributed by atoms with Gasteiger partial charge in [-0.1, -0.05) is 18.2 Å². The van der Waals surface area contributed by atoms with Crippen LogP contribution in [0.25, 0.3) is 0 Å². The van der Waals surface area contributed by atoms with Crippen LogP contribution in [-0.2, 0) is 9.57 Å². The Bertz CT molecular complexity index is 604. The van der Waals surface area contributed by atoms with Gasteiger partial charge in [-0.25, -0.2) is 5.06 Å². The third-order valence-electron chi connectivity index (χ3n) is 3.34. The average Bonchev–Trinajstić information content (AvgIpc) is 2.47. The Hall–Kier alpha value is -2.27. The summed E-state index contributed by atoms with van der Waals surface area (Å²) in [4.78, 5) is 5.49. The van der Waals surface area contributed by atoms with E-state index in [1.807, 2.05) is 42.5 Å². The first kappa shape index (κ1) is 11.8. The van der Waals surface area contributed by atoms with Crippen molar-refractivity contribution in [3.05, 3.63) is 48.3 Å². The van der Waals surface area contributed by atoms with Crippen molar-refractivity contribution < 1.29 is 19.5 Å². The summed E-state index contributed by atoms with van der Waals surface area (Å²) in [5, 5.41) is 12.1. The number of para-hydroxylation sites is 2. The van der Waals surface area contributed by atoms with Crippen LogP contribution < -0.4 is 5.06 Å². The second-order valence-corrected chi connectivity index (χ2v) is 4.27. The van der Waals surface area contributed by atoms with Crippen molar-refractivity contribution in [2.24, 2.45) is 0 Å². The third-order valence-corrected chi connectivity index (χ3v) is 3.34. The molecule has 3 rings (SSSR count). The number of hydrogen-bond donors (Lipinski definition) is 1. The normalized spacial score (nSPS) is 20.8. The van der Waals surface area contributed by atoms with Crippen molar-refractivity contribution >= 4 is 17.1 Å². The van der Waals surface area contributed by atoms with E-state index in [2.05, 4.69) is 0 Å². The van der Waals surface area contributed by atoms with Gasteiger partial charge in [0.15, 0.2) is 0 Å². The molecule has 1 aliphatic heterocycles. The number of hydroxylamine groups is 1. The second-order valence-electron chi connectivity index (χ2n) is 4.27. The zero-order valence-electron chi connectivity index (χ0n) is 10.8. The van der Waals surface area contributed by atoms with Gasteiger partial charge in [0, 0.05) is 16.9 Å². The van der Waals surface area contributed by atoms with Gasteiger partial charge in [0.05, 0.1) is 14.2 Å². The van der Waals surface area contributed by atoms with Crippen LogP contribution in [0.5, 0.6) is 0 Å². The van der Waals surface area contributed by atoms with E-state index in [1.54, 1.807) is 19.3 Å². The molecular weight excluding hydrogens is 244 g/mol. The molecule has 1 aliphatic carbocycles. The largest absolute Gasteiger partial charge is 0.498 e. The molecule has 19 heavy (non-hydrogen) atoms. The number of methoxy groups -OCH3 is 1. The molecule has 0 aromatic heterocycles. The molecule has 0 fully saturated rings. The highest BCUT2D eigenvalue weighted by atomic mass is 16.7.